The van der Waals surface area contributed by atoms with Crippen LogP contribution in [-0.2, 0) is 20.9 Å². The van der Waals surface area contributed by atoms with E-state index in [0.717, 1.165) is 5.56 Å². The molecule has 9 nitrogen and oxygen atoms in total. The minimum atomic E-state index is -0.630. The van der Waals surface area contributed by atoms with Gasteiger partial charge in [-0.2, -0.15) is 0 Å². The van der Waals surface area contributed by atoms with E-state index in [2.05, 4.69) is 15.6 Å². The fourth-order valence-corrected chi connectivity index (χ4v) is 3.30. The highest BCUT2D eigenvalue weighted by Crippen LogP contribution is 2.15. The zero-order chi connectivity index (χ0) is 24.7. The highest BCUT2D eigenvalue weighted by atomic mass is 16.5. The molecule has 0 atom stereocenters. The number of carbonyl (C=O) groups excluding carboxylic acids is 3. The lowest BCUT2D eigenvalue weighted by molar-refractivity contribution is -0.147. The second-order valence-corrected chi connectivity index (χ2v) is 8.32. The van der Waals surface area contributed by atoms with Gasteiger partial charge in [-0.15, -0.1) is 0 Å². The summed E-state index contributed by atoms with van der Waals surface area (Å²) in [5.74, 6) is -1.21. The molecule has 3 aromatic rings. The van der Waals surface area contributed by atoms with Crippen LogP contribution in [0.25, 0.3) is 10.9 Å². The Labute approximate surface area is 197 Å². The maximum Gasteiger partial charge on any atom is 0.308 e. The molecule has 178 valence electrons. The topological polar surface area (TPSA) is 119 Å². The van der Waals surface area contributed by atoms with Crippen molar-refractivity contribution < 1.29 is 19.1 Å². The summed E-state index contributed by atoms with van der Waals surface area (Å²) in [6.45, 7) is 5.91. The Balaban J connectivity index is 1.53. The molecule has 0 aliphatic carbocycles. The Morgan fingerprint density at radius 3 is 2.62 bits per heavy atom. The molecule has 0 saturated carbocycles. The zero-order valence-electron chi connectivity index (χ0n) is 19.5. The Hall–Kier alpha value is -4.01. The van der Waals surface area contributed by atoms with Crippen LogP contribution in [0.1, 0.15) is 36.2 Å². The van der Waals surface area contributed by atoms with Crippen molar-refractivity contribution >= 4 is 34.4 Å². The minimum Gasteiger partial charge on any atom is -0.456 e. The van der Waals surface area contributed by atoms with Crippen LogP contribution in [0.2, 0.25) is 0 Å². The van der Waals surface area contributed by atoms with Crippen LogP contribution in [0.4, 0.5) is 5.69 Å². The standard InChI is InChI=1S/C25H28N4O5/c1-16(2)13-26-24(32)18-8-4-5-10-20(18)28-21(30)14-34-22(31)11-12-29-15-27-23-17(3)7-6-9-19(23)25(29)33/h4-10,15-16H,11-14H2,1-3H3,(H,26,32)(H,28,30). The van der Waals surface area contributed by atoms with Crippen LogP contribution in [-0.4, -0.2) is 40.5 Å². The Kier molecular flexibility index (Phi) is 8.13. The van der Waals surface area contributed by atoms with E-state index in [9.17, 15) is 19.2 Å². The van der Waals surface area contributed by atoms with Crippen LogP contribution < -0.4 is 16.2 Å². The lowest BCUT2D eigenvalue weighted by atomic mass is 10.1. The molecule has 0 fully saturated rings. The summed E-state index contributed by atoms with van der Waals surface area (Å²) in [5.41, 5.74) is 1.93. The fourth-order valence-electron chi connectivity index (χ4n) is 3.30. The summed E-state index contributed by atoms with van der Waals surface area (Å²) in [6.07, 6.45) is 1.30. The fraction of sp³-hybridized carbons (Fsp3) is 0.320. The predicted molar refractivity (Wildman–Crippen MR) is 129 cm³/mol. The van der Waals surface area contributed by atoms with Crippen LogP contribution >= 0.6 is 0 Å². The molecule has 0 spiro atoms. The van der Waals surface area contributed by atoms with E-state index in [1.165, 1.54) is 10.9 Å². The van der Waals surface area contributed by atoms with Crippen molar-refractivity contribution in [1.29, 1.82) is 0 Å². The van der Waals surface area contributed by atoms with Crippen molar-refractivity contribution in [1.82, 2.24) is 14.9 Å². The van der Waals surface area contributed by atoms with E-state index < -0.39 is 18.5 Å². The molecule has 0 saturated heterocycles. The molecular formula is C25H28N4O5. The summed E-state index contributed by atoms with van der Waals surface area (Å²) in [6, 6.07) is 11.9. The third-order valence-electron chi connectivity index (χ3n) is 5.09. The quantitative estimate of drug-likeness (QED) is 0.470. The van der Waals surface area contributed by atoms with Gasteiger partial charge >= 0.3 is 5.97 Å². The predicted octanol–water partition coefficient (Wildman–Crippen LogP) is 2.66. The van der Waals surface area contributed by atoms with Gasteiger partial charge in [-0.1, -0.05) is 38.1 Å². The molecule has 2 aromatic carbocycles. The van der Waals surface area contributed by atoms with Crippen molar-refractivity contribution in [2.75, 3.05) is 18.5 Å². The summed E-state index contributed by atoms with van der Waals surface area (Å²) >= 11 is 0. The van der Waals surface area contributed by atoms with Gasteiger partial charge in [0, 0.05) is 13.1 Å². The number of anilines is 1. The van der Waals surface area contributed by atoms with Gasteiger partial charge in [-0.3, -0.25) is 23.7 Å². The Morgan fingerprint density at radius 1 is 1.09 bits per heavy atom. The van der Waals surface area contributed by atoms with Gasteiger partial charge in [0.25, 0.3) is 17.4 Å². The van der Waals surface area contributed by atoms with Gasteiger partial charge < -0.3 is 15.4 Å². The van der Waals surface area contributed by atoms with Crippen LogP contribution in [0.15, 0.2) is 53.6 Å². The molecule has 0 bridgehead atoms. The molecule has 2 amide bonds. The second-order valence-electron chi connectivity index (χ2n) is 8.32. The first-order chi connectivity index (χ1) is 16.3. The molecule has 9 heteroatoms. The first kappa shape index (κ1) is 24.6. The minimum absolute atomic E-state index is 0.0784. The molecule has 0 unspecified atom stereocenters. The molecule has 1 aromatic heterocycles. The number of benzene rings is 2. The molecule has 2 N–H and O–H groups in total. The van der Waals surface area contributed by atoms with Crippen LogP contribution in [0.3, 0.4) is 0 Å². The molecule has 34 heavy (non-hydrogen) atoms. The number of rotatable bonds is 9. The highest BCUT2D eigenvalue weighted by molar-refractivity contribution is 6.04. The van der Waals surface area contributed by atoms with Crippen LogP contribution in [0.5, 0.6) is 0 Å². The molecule has 1 heterocycles. The number of nitrogens with one attached hydrogen (secondary N) is 2. The first-order valence-corrected chi connectivity index (χ1v) is 11.0. The second kappa shape index (κ2) is 11.2. The number of nitrogens with zero attached hydrogens (tertiary/aromatic N) is 2. The van der Waals surface area contributed by atoms with Crippen molar-refractivity contribution in [2.24, 2.45) is 5.92 Å². The number of amides is 2. The van der Waals surface area contributed by atoms with E-state index >= 15 is 0 Å². The van der Waals surface area contributed by atoms with Crippen LogP contribution in [0, 0.1) is 12.8 Å². The lowest BCUT2D eigenvalue weighted by Gasteiger charge is -2.13. The largest absolute Gasteiger partial charge is 0.456 e. The van der Waals surface area contributed by atoms with E-state index in [4.69, 9.17) is 4.74 Å². The van der Waals surface area contributed by atoms with Gasteiger partial charge in [0.15, 0.2) is 6.61 Å². The number of carbonyl (C=O) groups is 3. The first-order valence-electron chi connectivity index (χ1n) is 11.0. The Bertz CT molecular complexity index is 1270. The summed E-state index contributed by atoms with van der Waals surface area (Å²) in [5, 5.41) is 5.88. The third-order valence-corrected chi connectivity index (χ3v) is 5.09. The third kappa shape index (κ3) is 6.28. The van der Waals surface area contributed by atoms with E-state index in [-0.39, 0.29) is 30.3 Å². The normalized spacial score (nSPS) is 10.8. The van der Waals surface area contributed by atoms with Gasteiger partial charge in [0.2, 0.25) is 0 Å². The SMILES string of the molecule is Cc1cccc2c(=O)n(CCC(=O)OCC(=O)Nc3ccccc3C(=O)NCC(C)C)cnc12. The van der Waals surface area contributed by atoms with E-state index in [1.54, 1.807) is 36.4 Å². The number of aryl methyl sites for hydroxylation is 2. The maximum absolute atomic E-state index is 12.6. The average molecular weight is 465 g/mol. The molecule has 0 aliphatic rings. The maximum atomic E-state index is 12.6. The smallest absolute Gasteiger partial charge is 0.308 e. The molecular weight excluding hydrogens is 436 g/mol. The number of esters is 1. The number of hydrogen-bond donors (Lipinski definition) is 2. The zero-order valence-corrected chi connectivity index (χ0v) is 19.5. The molecule has 3 rings (SSSR count). The Morgan fingerprint density at radius 2 is 1.85 bits per heavy atom. The van der Waals surface area contributed by atoms with Gasteiger partial charge in [0.05, 0.1) is 34.9 Å². The van der Waals surface area contributed by atoms with Gasteiger partial charge in [-0.25, -0.2) is 4.98 Å². The van der Waals surface area contributed by atoms with E-state index in [0.29, 0.717) is 28.7 Å². The number of fused-ring (bicyclic) bond motifs is 1. The summed E-state index contributed by atoms with van der Waals surface area (Å²) < 4.78 is 6.38. The number of ether oxygens (including phenoxy) is 1. The van der Waals surface area contributed by atoms with Crippen molar-refractivity contribution in [3.63, 3.8) is 0 Å². The number of aromatic nitrogens is 2. The average Bonchev–Trinajstić information content (AvgIpc) is 2.81. The van der Waals surface area contributed by atoms with Gasteiger partial charge in [0.1, 0.15) is 0 Å². The van der Waals surface area contributed by atoms with Crippen molar-refractivity contribution in [3.8, 4) is 0 Å². The lowest BCUT2D eigenvalue weighted by Crippen LogP contribution is -2.29. The molecule has 0 aliphatic heterocycles. The number of para-hydroxylation sites is 2. The molecule has 0 radical (unpaired) electrons. The summed E-state index contributed by atoms with van der Waals surface area (Å²) in [7, 11) is 0. The monoisotopic (exact) mass is 464 g/mol. The van der Waals surface area contributed by atoms with E-state index in [1.807, 2.05) is 26.8 Å². The summed E-state index contributed by atoms with van der Waals surface area (Å²) in [4.78, 5) is 53.7. The van der Waals surface area contributed by atoms with Crippen molar-refractivity contribution in [3.05, 3.63) is 70.3 Å². The van der Waals surface area contributed by atoms with Gasteiger partial charge in [-0.05, 0) is 36.6 Å². The van der Waals surface area contributed by atoms with Crippen molar-refractivity contribution in [2.45, 2.75) is 33.7 Å². The highest BCUT2D eigenvalue weighted by Gasteiger charge is 2.15. The number of hydrogen-bond acceptors (Lipinski definition) is 6.